The summed E-state index contributed by atoms with van der Waals surface area (Å²) in [6, 6.07) is 8.76. The molecule has 8 heteroatoms. The summed E-state index contributed by atoms with van der Waals surface area (Å²) >= 11 is 0. The van der Waals surface area contributed by atoms with E-state index in [1.807, 2.05) is 22.8 Å². The average Bonchev–Trinajstić information content (AvgIpc) is 3.24. The minimum Gasteiger partial charge on any atom is -0.486 e. The molecule has 1 radical (unpaired) electrons. The third-order valence-electron chi connectivity index (χ3n) is 8.29. The maximum Gasteiger partial charge on any atom is 0.252 e. The number of pyridine rings is 3. The molecule has 0 N–H and O–H groups in total. The lowest BCUT2D eigenvalue weighted by molar-refractivity contribution is -0.0331. The van der Waals surface area contributed by atoms with Crippen molar-refractivity contribution in [3.05, 3.63) is 69.4 Å². The quantitative estimate of drug-likeness (QED) is 0.560. The van der Waals surface area contributed by atoms with Crippen molar-refractivity contribution in [1.82, 2.24) is 19.0 Å². The van der Waals surface area contributed by atoms with Crippen LogP contribution in [0.2, 0.25) is 0 Å². The predicted molar refractivity (Wildman–Crippen MR) is 138 cm³/mol. The van der Waals surface area contributed by atoms with Crippen LogP contribution in [-0.2, 0) is 13.0 Å². The van der Waals surface area contributed by atoms with Crippen LogP contribution in [0.5, 0.6) is 11.5 Å². The molecule has 3 aromatic heterocycles. The molecule has 189 valence electrons. The molecule has 2 unspecified atom stereocenters. The number of fused-ring (bicyclic) bond motifs is 1. The lowest BCUT2D eigenvalue weighted by Crippen LogP contribution is -2.62. The van der Waals surface area contributed by atoms with E-state index >= 15 is 0 Å². The standard InChI is InChI=1S/C28H33N4O4/c1-27(2,3)28(15-20-14-22-23(16-29-20)36-13-12-35-22)10-4-5-11-30(28)17-21-18-31-24(33)8-6-19-7-9-25(34)32(21)26(19)31/h4,6-9,14,16,21H,5,10-13,15,17-18H2,1-3H3. The Morgan fingerprint density at radius 3 is 2.58 bits per heavy atom. The van der Waals surface area contributed by atoms with Crippen LogP contribution in [0.15, 0.2) is 46.1 Å². The first kappa shape index (κ1) is 23.3. The number of ether oxygens (including phenoxy) is 2. The molecule has 6 rings (SSSR count). The van der Waals surface area contributed by atoms with E-state index in [4.69, 9.17) is 14.5 Å². The molecule has 0 aliphatic carbocycles. The minimum atomic E-state index is -0.209. The minimum absolute atomic E-state index is 0.0530. The fourth-order valence-electron chi connectivity index (χ4n) is 6.36. The normalized spacial score (nSPS) is 23.8. The monoisotopic (exact) mass is 489 g/mol. The molecule has 3 aromatic rings. The van der Waals surface area contributed by atoms with Crippen molar-refractivity contribution in [3.8, 4) is 11.5 Å². The Kier molecular flexibility index (Phi) is 5.48. The summed E-state index contributed by atoms with van der Waals surface area (Å²) in [6.07, 6.45) is 6.83. The number of nitrogens with zero attached hydrogens (tertiary/aromatic N) is 4. The predicted octanol–water partition coefficient (Wildman–Crippen LogP) is 3.21. The second-order valence-corrected chi connectivity index (χ2v) is 11.3. The highest BCUT2D eigenvalue weighted by Crippen LogP contribution is 2.46. The third-order valence-corrected chi connectivity index (χ3v) is 8.29. The molecule has 0 saturated carbocycles. The van der Waals surface area contributed by atoms with E-state index in [1.165, 1.54) is 0 Å². The molecule has 0 spiro atoms. The van der Waals surface area contributed by atoms with Crippen molar-refractivity contribution in [3.63, 3.8) is 0 Å². The van der Waals surface area contributed by atoms with Crippen LogP contribution >= 0.6 is 0 Å². The van der Waals surface area contributed by atoms with Crippen molar-refractivity contribution in [2.24, 2.45) is 5.41 Å². The number of hydrogen-bond donors (Lipinski definition) is 0. The van der Waals surface area contributed by atoms with E-state index in [-0.39, 0.29) is 28.1 Å². The summed E-state index contributed by atoms with van der Waals surface area (Å²) in [7, 11) is 0. The lowest BCUT2D eigenvalue weighted by Gasteiger charge is -2.55. The number of rotatable bonds is 4. The highest BCUT2D eigenvalue weighted by molar-refractivity contribution is 5.76. The topological polar surface area (TPSA) is 78.6 Å². The van der Waals surface area contributed by atoms with Crippen molar-refractivity contribution in [2.75, 3.05) is 26.3 Å². The second kappa shape index (κ2) is 8.47. The maximum atomic E-state index is 13.0. The highest BCUT2D eigenvalue weighted by Gasteiger charge is 2.49. The number of aromatic nitrogens is 3. The van der Waals surface area contributed by atoms with Gasteiger partial charge in [-0.3, -0.25) is 28.6 Å². The molecule has 2 atom stereocenters. The van der Waals surface area contributed by atoms with Gasteiger partial charge in [-0.1, -0.05) is 20.8 Å². The second-order valence-electron chi connectivity index (χ2n) is 11.3. The first-order valence-electron chi connectivity index (χ1n) is 12.8. The molecule has 1 fully saturated rings. The van der Waals surface area contributed by atoms with Gasteiger partial charge in [0.15, 0.2) is 11.5 Å². The fraction of sp³-hybridized carbons (Fsp3) is 0.500. The number of likely N-dealkylation sites (tertiary alicyclic amines) is 1. The van der Waals surface area contributed by atoms with Crippen LogP contribution in [0.3, 0.4) is 0 Å². The van der Waals surface area contributed by atoms with Crippen molar-refractivity contribution >= 4 is 11.0 Å². The summed E-state index contributed by atoms with van der Waals surface area (Å²) in [5, 5.41) is 0.922. The molecular weight excluding hydrogens is 456 g/mol. The zero-order valence-electron chi connectivity index (χ0n) is 21.2. The average molecular weight is 490 g/mol. The largest absolute Gasteiger partial charge is 0.486 e. The van der Waals surface area contributed by atoms with Crippen LogP contribution in [0.1, 0.15) is 45.3 Å². The van der Waals surface area contributed by atoms with Crippen molar-refractivity contribution in [2.45, 2.75) is 58.2 Å². The van der Waals surface area contributed by atoms with E-state index in [2.05, 4.69) is 32.1 Å². The van der Waals surface area contributed by atoms with E-state index in [1.54, 1.807) is 22.9 Å². The Bertz CT molecular complexity index is 1430. The molecule has 0 bridgehead atoms. The maximum absolute atomic E-state index is 13.0. The Hall–Kier alpha value is -3.13. The van der Waals surface area contributed by atoms with Gasteiger partial charge in [-0.05, 0) is 43.4 Å². The van der Waals surface area contributed by atoms with E-state index < -0.39 is 0 Å². The van der Waals surface area contributed by atoms with Crippen LogP contribution < -0.4 is 20.6 Å². The molecule has 0 aromatic carbocycles. The van der Waals surface area contributed by atoms with Crippen LogP contribution in [0.25, 0.3) is 11.0 Å². The van der Waals surface area contributed by atoms with Crippen molar-refractivity contribution in [1.29, 1.82) is 0 Å². The van der Waals surface area contributed by atoms with Gasteiger partial charge in [-0.25, -0.2) is 0 Å². The number of hydrogen-bond acceptors (Lipinski definition) is 6. The van der Waals surface area contributed by atoms with Gasteiger partial charge in [0.05, 0.1) is 12.2 Å². The summed E-state index contributed by atoms with van der Waals surface area (Å²) in [5.41, 5.74) is 1.32. The van der Waals surface area contributed by atoms with Gasteiger partial charge >= 0.3 is 0 Å². The molecular formula is C28H33N4O4. The Labute approximate surface area is 210 Å². The molecule has 36 heavy (non-hydrogen) atoms. The van der Waals surface area contributed by atoms with E-state index in [0.717, 1.165) is 48.3 Å². The van der Waals surface area contributed by atoms with E-state index in [0.29, 0.717) is 32.1 Å². The van der Waals surface area contributed by atoms with Gasteiger partial charge < -0.3 is 9.47 Å². The molecule has 3 aliphatic heterocycles. The van der Waals surface area contributed by atoms with Crippen LogP contribution in [0, 0.1) is 11.8 Å². The summed E-state index contributed by atoms with van der Waals surface area (Å²) < 4.78 is 15.1. The van der Waals surface area contributed by atoms with Crippen molar-refractivity contribution < 1.29 is 9.47 Å². The summed E-state index contributed by atoms with van der Waals surface area (Å²) in [6.45, 7) is 10.1. The zero-order valence-corrected chi connectivity index (χ0v) is 21.2. The summed E-state index contributed by atoms with van der Waals surface area (Å²) in [5.74, 6) is 1.45. The highest BCUT2D eigenvalue weighted by atomic mass is 16.6. The van der Waals surface area contributed by atoms with Gasteiger partial charge in [-0.2, -0.15) is 0 Å². The molecule has 0 amide bonds. The fourth-order valence-corrected chi connectivity index (χ4v) is 6.36. The zero-order chi connectivity index (χ0) is 25.1. The first-order valence-corrected chi connectivity index (χ1v) is 12.8. The van der Waals surface area contributed by atoms with E-state index in [9.17, 15) is 9.59 Å². The Morgan fingerprint density at radius 2 is 1.81 bits per heavy atom. The molecule has 8 nitrogen and oxygen atoms in total. The third kappa shape index (κ3) is 3.65. The van der Waals surface area contributed by atoms with Gasteiger partial charge in [0.1, 0.15) is 18.9 Å². The Balaban J connectivity index is 1.38. The first-order chi connectivity index (χ1) is 17.3. The Morgan fingerprint density at radius 1 is 1.06 bits per heavy atom. The molecule has 3 aliphatic rings. The van der Waals surface area contributed by atoms with Crippen LogP contribution in [-0.4, -0.2) is 50.9 Å². The van der Waals surface area contributed by atoms with Gasteiger partial charge in [0.25, 0.3) is 11.1 Å². The molecule has 1 saturated heterocycles. The molecule has 6 heterocycles. The smallest absolute Gasteiger partial charge is 0.252 e. The lowest BCUT2D eigenvalue weighted by atomic mass is 9.65. The number of piperidine rings is 1. The van der Waals surface area contributed by atoms with Gasteiger partial charge in [-0.15, -0.1) is 0 Å². The summed E-state index contributed by atoms with van der Waals surface area (Å²) in [4.78, 5) is 33.0. The van der Waals surface area contributed by atoms with Gasteiger partial charge in [0, 0.05) is 54.3 Å². The van der Waals surface area contributed by atoms with Crippen LogP contribution in [0.4, 0.5) is 0 Å². The SMILES string of the molecule is CC(C)(C)C1(Cc2cc3c(cn2)OCCO3)C[CH]CCN1CC1Cn2c(=O)ccc3ccc(=O)n1c32. The van der Waals surface area contributed by atoms with Gasteiger partial charge in [0.2, 0.25) is 0 Å².